The third-order valence-corrected chi connectivity index (χ3v) is 6.06. The Bertz CT molecular complexity index is 660. The lowest BCUT2D eigenvalue weighted by Crippen LogP contribution is -2.57. The van der Waals surface area contributed by atoms with Gasteiger partial charge in [-0.15, -0.1) is 0 Å². The van der Waals surface area contributed by atoms with E-state index in [4.69, 9.17) is 4.74 Å². The van der Waals surface area contributed by atoms with Gasteiger partial charge in [0.25, 0.3) is 5.91 Å². The highest BCUT2D eigenvalue weighted by atomic mass is 16.5. The van der Waals surface area contributed by atoms with Crippen LogP contribution in [0.1, 0.15) is 36.0 Å². The molecule has 0 radical (unpaired) electrons. The van der Waals surface area contributed by atoms with Gasteiger partial charge in [-0.3, -0.25) is 4.79 Å². The predicted octanol–water partition coefficient (Wildman–Crippen LogP) is 2.11. The van der Waals surface area contributed by atoms with Crippen LogP contribution in [-0.2, 0) is 4.74 Å². The number of nitrogens with one attached hydrogen (secondary N) is 1. The largest absolute Gasteiger partial charge is 0.381 e. The average Bonchev–Trinajstić information content (AvgIpc) is 3.35. The van der Waals surface area contributed by atoms with Gasteiger partial charge in [0.1, 0.15) is 0 Å². The number of hydrogen-bond acceptors (Lipinski definition) is 3. The van der Waals surface area contributed by atoms with Crippen molar-refractivity contribution in [3.05, 3.63) is 35.9 Å². The summed E-state index contributed by atoms with van der Waals surface area (Å²) in [6.45, 7) is 4.33. The molecule has 3 aliphatic heterocycles. The summed E-state index contributed by atoms with van der Waals surface area (Å²) in [4.78, 5) is 29.2. The van der Waals surface area contributed by atoms with Crippen LogP contribution in [0.25, 0.3) is 0 Å². The number of ether oxygens (including phenoxy) is 1. The van der Waals surface area contributed by atoms with Crippen LogP contribution < -0.4 is 5.32 Å². The molecule has 3 amide bonds. The molecule has 140 valence electrons. The molecule has 3 saturated heterocycles. The van der Waals surface area contributed by atoms with Gasteiger partial charge in [0.05, 0.1) is 6.61 Å². The van der Waals surface area contributed by atoms with Crippen LogP contribution in [0.2, 0.25) is 0 Å². The summed E-state index contributed by atoms with van der Waals surface area (Å²) in [7, 11) is 0. The summed E-state index contributed by atoms with van der Waals surface area (Å²) in [5.41, 5.74) is 0.553. The molecular weight excluding hydrogens is 330 g/mol. The Morgan fingerprint density at radius 3 is 2.62 bits per heavy atom. The molecule has 1 spiro atoms. The Balaban J connectivity index is 1.45. The molecule has 1 aromatic carbocycles. The van der Waals surface area contributed by atoms with Gasteiger partial charge in [0.2, 0.25) is 0 Å². The molecule has 3 aliphatic rings. The minimum Gasteiger partial charge on any atom is -0.381 e. The second-order valence-corrected chi connectivity index (χ2v) is 7.74. The molecule has 3 heterocycles. The number of amides is 3. The minimum absolute atomic E-state index is 0.0432. The SMILES string of the molecule is O=C(N[C@H]1CCOC[C@]12CCN(C(=O)c1ccccc1)C2)N1CCCC1. The zero-order valence-corrected chi connectivity index (χ0v) is 15.2. The van der Waals surface area contributed by atoms with Crippen molar-refractivity contribution >= 4 is 11.9 Å². The zero-order valence-electron chi connectivity index (χ0n) is 15.2. The summed E-state index contributed by atoms with van der Waals surface area (Å²) in [6, 6.07) is 9.53. The second-order valence-electron chi connectivity index (χ2n) is 7.74. The van der Waals surface area contributed by atoms with Gasteiger partial charge in [0, 0.05) is 49.8 Å². The Labute approximate surface area is 154 Å². The van der Waals surface area contributed by atoms with Crippen LogP contribution in [-0.4, -0.2) is 67.2 Å². The van der Waals surface area contributed by atoms with Crippen LogP contribution in [0.15, 0.2) is 30.3 Å². The molecule has 3 fully saturated rings. The first-order valence-corrected chi connectivity index (χ1v) is 9.65. The fourth-order valence-electron chi connectivity index (χ4n) is 4.50. The first kappa shape index (κ1) is 17.3. The maximum atomic E-state index is 12.8. The molecule has 0 bridgehead atoms. The monoisotopic (exact) mass is 357 g/mol. The van der Waals surface area contributed by atoms with Crippen LogP contribution in [0.4, 0.5) is 4.79 Å². The lowest BCUT2D eigenvalue weighted by atomic mass is 9.77. The van der Waals surface area contributed by atoms with E-state index in [1.54, 1.807) is 0 Å². The number of likely N-dealkylation sites (tertiary alicyclic amines) is 2. The van der Waals surface area contributed by atoms with Gasteiger partial charge in [0.15, 0.2) is 0 Å². The van der Waals surface area contributed by atoms with E-state index in [9.17, 15) is 9.59 Å². The van der Waals surface area contributed by atoms with Crippen LogP contribution in [0.3, 0.4) is 0 Å². The normalized spacial score (nSPS) is 28.5. The van der Waals surface area contributed by atoms with Crippen molar-refractivity contribution in [2.45, 2.75) is 31.7 Å². The number of hydrogen-bond donors (Lipinski definition) is 1. The maximum Gasteiger partial charge on any atom is 0.317 e. The fourth-order valence-corrected chi connectivity index (χ4v) is 4.50. The van der Waals surface area contributed by atoms with Gasteiger partial charge in [-0.2, -0.15) is 0 Å². The van der Waals surface area contributed by atoms with E-state index >= 15 is 0 Å². The highest BCUT2D eigenvalue weighted by Gasteiger charge is 2.48. The van der Waals surface area contributed by atoms with E-state index in [0.29, 0.717) is 26.3 Å². The third kappa shape index (κ3) is 3.30. The molecule has 4 rings (SSSR count). The topological polar surface area (TPSA) is 61.9 Å². The summed E-state index contributed by atoms with van der Waals surface area (Å²) in [6.07, 6.45) is 3.86. The number of carbonyl (C=O) groups excluding carboxylic acids is 2. The molecule has 26 heavy (non-hydrogen) atoms. The lowest BCUT2D eigenvalue weighted by molar-refractivity contribution is -0.0243. The zero-order chi connectivity index (χ0) is 18.0. The van der Waals surface area contributed by atoms with Crippen LogP contribution >= 0.6 is 0 Å². The van der Waals surface area contributed by atoms with Gasteiger partial charge in [-0.05, 0) is 37.8 Å². The summed E-state index contributed by atoms with van der Waals surface area (Å²) >= 11 is 0. The molecule has 0 saturated carbocycles. The van der Waals surface area contributed by atoms with Crippen molar-refractivity contribution < 1.29 is 14.3 Å². The number of nitrogens with zero attached hydrogens (tertiary/aromatic N) is 2. The highest BCUT2D eigenvalue weighted by Crippen LogP contribution is 2.39. The smallest absolute Gasteiger partial charge is 0.317 e. The molecule has 6 heteroatoms. The van der Waals surface area contributed by atoms with Crippen molar-refractivity contribution in [1.82, 2.24) is 15.1 Å². The first-order chi connectivity index (χ1) is 12.7. The van der Waals surface area contributed by atoms with Crippen LogP contribution in [0, 0.1) is 5.41 Å². The molecule has 0 aromatic heterocycles. The molecule has 1 aromatic rings. The van der Waals surface area contributed by atoms with E-state index < -0.39 is 0 Å². The van der Waals surface area contributed by atoms with Gasteiger partial charge < -0.3 is 19.9 Å². The fraction of sp³-hybridized carbons (Fsp3) is 0.600. The predicted molar refractivity (Wildman–Crippen MR) is 98.0 cm³/mol. The van der Waals surface area contributed by atoms with E-state index in [0.717, 1.165) is 44.3 Å². The minimum atomic E-state index is -0.169. The molecule has 6 nitrogen and oxygen atoms in total. The van der Waals surface area contributed by atoms with Crippen molar-refractivity contribution in [2.75, 3.05) is 39.4 Å². The van der Waals surface area contributed by atoms with Gasteiger partial charge in [-0.25, -0.2) is 4.79 Å². The van der Waals surface area contributed by atoms with E-state index in [-0.39, 0.29) is 23.4 Å². The van der Waals surface area contributed by atoms with E-state index in [2.05, 4.69) is 5.32 Å². The van der Waals surface area contributed by atoms with Crippen LogP contribution in [0.5, 0.6) is 0 Å². The number of benzene rings is 1. The number of urea groups is 1. The Hall–Kier alpha value is -2.08. The van der Waals surface area contributed by atoms with Crippen molar-refractivity contribution in [3.63, 3.8) is 0 Å². The highest BCUT2D eigenvalue weighted by molar-refractivity contribution is 5.94. The number of rotatable bonds is 2. The molecule has 0 unspecified atom stereocenters. The number of carbonyl (C=O) groups is 2. The molecule has 0 aliphatic carbocycles. The Morgan fingerprint density at radius 2 is 1.85 bits per heavy atom. The lowest BCUT2D eigenvalue weighted by Gasteiger charge is -2.41. The molecule has 1 N–H and O–H groups in total. The van der Waals surface area contributed by atoms with E-state index in [1.807, 2.05) is 40.1 Å². The summed E-state index contributed by atoms with van der Waals surface area (Å²) in [5, 5.41) is 3.26. The third-order valence-electron chi connectivity index (χ3n) is 6.06. The quantitative estimate of drug-likeness (QED) is 0.882. The van der Waals surface area contributed by atoms with Crippen molar-refractivity contribution in [2.24, 2.45) is 5.41 Å². The van der Waals surface area contributed by atoms with Gasteiger partial charge >= 0.3 is 6.03 Å². The summed E-state index contributed by atoms with van der Waals surface area (Å²) in [5.74, 6) is 0.0673. The maximum absolute atomic E-state index is 12.8. The standard InChI is InChI=1S/C20H27N3O3/c24-18(16-6-2-1-3-7-16)23-12-9-20(14-23)15-26-13-8-17(20)21-19(25)22-10-4-5-11-22/h1-3,6-7,17H,4-5,8-15H2,(H,21,25)/t17-,20+/m0/s1. The average molecular weight is 357 g/mol. The van der Waals surface area contributed by atoms with E-state index in [1.165, 1.54) is 0 Å². The van der Waals surface area contributed by atoms with Gasteiger partial charge in [-0.1, -0.05) is 18.2 Å². The first-order valence-electron chi connectivity index (χ1n) is 9.65. The summed E-state index contributed by atoms with van der Waals surface area (Å²) < 4.78 is 5.78. The Morgan fingerprint density at radius 1 is 1.08 bits per heavy atom. The van der Waals surface area contributed by atoms with Crippen molar-refractivity contribution in [1.29, 1.82) is 0 Å². The second kappa shape index (κ2) is 7.27. The Kier molecular flexibility index (Phi) is 4.85. The molecule has 2 atom stereocenters. The molecular formula is C20H27N3O3. The van der Waals surface area contributed by atoms with Crippen molar-refractivity contribution in [3.8, 4) is 0 Å².